The second kappa shape index (κ2) is 5.49. The van der Waals surface area contributed by atoms with Crippen LogP contribution in [0.1, 0.15) is 5.56 Å². The van der Waals surface area contributed by atoms with Gasteiger partial charge in [0.25, 0.3) is 11.1 Å². The maximum absolute atomic E-state index is 12.0. The van der Waals surface area contributed by atoms with Crippen LogP contribution < -0.4 is 16.8 Å². The molecule has 0 saturated heterocycles. The van der Waals surface area contributed by atoms with Crippen molar-refractivity contribution in [3.63, 3.8) is 0 Å². The van der Waals surface area contributed by atoms with Crippen LogP contribution in [0.2, 0.25) is 0 Å². The molecule has 0 atom stereocenters. The fourth-order valence-corrected chi connectivity index (χ4v) is 1.74. The fraction of sp³-hybridized carbons (Fsp3) is 0.250. The first-order chi connectivity index (χ1) is 9.11. The Hall–Kier alpha value is -2.41. The number of nitrogens with zero attached hydrogens (tertiary/aromatic N) is 2. The molecule has 2 heterocycles. The zero-order valence-electron chi connectivity index (χ0n) is 10.1. The van der Waals surface area contributed by atoms with Crippen molar-refractivity contribution in [2.24, 2.45) is 0 Å². The van der Waals surface area contributed by atoms with E-state index in [1.165, 1.54) is 21.4 Å². The molecular formula is C12H13N3O4. The Morgan fingerprint density at radius 2 is 1.89 bits per heavy atom. The van der Waals surface area contributed by atoms with Gasteiger partial charge in [0.1, 0.15) is 0 Å². The van der Waals surface area contributed by atoms with Gasteiger partial charge in [0.05, 0.1) is 13.2 Å². The Morgan fingerprint density at radius 1 is 1.11 bits per heavy atom. The van der Waals surface area contributed by atoms with Crippen LogP contribution in [0, 0.1) is 0 Å². The first-order valence-corrected chi connectivity index (χ1v) is 5.71. The number of rotatable bonds is 4. The molecule has 0 amide bonds. The Balaban J connectivity index is 2.39. The minimum absolute atomic E-state index is 0.0702. The molecule has 0 spiro atoms. The van der Waals surface area contributed by atoms with E-state index in [2.05, 4.69) is 4.98 Å². The van der Waals surface area contributed by atoms with E-state index in [4.69, 9.17) is 5.11 Å². The highest BCUT2D eigenvalue weighted by Crippen LogP contribution is 1.94. The second-order valence-electron chi connectivity index (χ2n) is 3.99. The normalized spacial score (nSPS) is 10.6. The molecule has 0 unspecified atom stereocenters. The van der Waals surface area contributed by atoms with E-state index in [9.17, 15) is 14.4 Å². The number of nitrogens with one attached hydrogen (secondary N) is 1. The van der Waals surface area contributed by atoms with Gasteiger partial charge in [0.2, 0.25) is 0 Å². The summed E-state index contributed by atoms with van der Waals surface area (Å²) in [5, 5.41) is 8.84. The van der Waals surface area contributed by atoms with Gasteiger partial charge in [-0.2, -0.15) is 0 Å². The third-order valence-electron chi connectivity index (χ3n) is 2.68. The molecule has 2 rings (SSSR count). The van der Waals surface area contributed by atoms with E-state index in [-0.39, 0.29) is 25.3 Å². The van der Waals surface area contributed by atoms with Gasteiger partial charge in [-0.15, -0.1) is 0 Å². The van der Waals surface area contributed by atoms with Gasteiger partial charge < -0.3 is 9.67 Å². The highest BCUT2D eigenvalue weighted by molar-refractivity contribution is 5.11. The maximum atomic E-state index is 12.0. The first-order valence-electron chi connectivity index (χ1n) is 5.71. The van der Waals surface area contributed by atoms with Crippen molar-refractivity contribution in [2.75, 3.05) is 6.61 Å². The van der Waals surface area contributed by atoms with Crippen LogP contribution in [0.4, 0.5) is 0 Å². The third kappa shape index (κ3) is 2.89. The monoisotopic (exact) mass is 263 g/mol. The number of pyridine rings is 1. The molecule has 0 aliphatic heterocycles. The SMILES string of the molecule is O=c1ccn(Cc2cccn(CCO)c2=O)c(=O)[nH]1. The van der Waals surface area contributed by atoms with E-state index >= 15 is 0 Å². The van der Waals surface area contributed by atoms with Crippen LogP contribution in [0.25, 0.3) is 0 Å². The summed E-state index contributed by atoms with van der Waals surface area (Å²) in [6.07, 6.45) is 2.90. The van der Waals surface area contributed by atoms with Gasteiger partial charge in [0.15, 0.2) is 0 Å². The molecule has 0 aliphatic rings. The molecule has 0 radical (unpaired) electrons. The number of aliphatic hydroxyl groups excluding tert-OH is 1. The topological polar surface area (TPSA) is 97.1 Å². The van der Waals surface area contributed by atoms with Crippen LogP contribution in [0.5, 0.6) is 0 Å². The van der Waals surface area contributed by atoms with Gasteiger partial charge in [-0.05, 0) is 6.07 Å². The van der Waals surface area contributed by atoms with Crippen molar-refractivity contribution in [2.45, 2.75) is 13.1 Å². The van der Waals surface area contributed by atoms with Crippen LogP contribution in [0.15, 0.2) is 45.0 Å². The van der Waals surface area contributed by atoms with Crippen molar-refractivity contribution in [3.8, 4) is 0 Å². The van der Waals surface area contributed by atoms with Gasteiger partial charge in [-0.25, -0.2) is 4.79 Å². The molecule has 7 heteroatoms. The number of aromatic nitrogens is 3. The smallest absolute Gasteiger partial charge is 0.328 e. The minimum atomic E-state index is -0.565. The molecule has 0 aromatic carbocycles. The Kier molecular flexibility index (Phi) is 3.76. The number of aromatic amines is 1. The summed E-state index contributed by atoms with van der Waals surface area (Å²) in [6.45, 7) is 0.135. The summed E-state index contributed by atoms with van der Waals surface area (Å²) in [4.78, 5) is 36.6. The second-order valence-corrected chi connectivity index (χ2v) is 3.99. The predicted octanol–water partition coefficient (Wildman–Crippen LogP) is -1.26. The van der Waals surface area contributed by atoms with E-state index in [1.807, 2.05) is 0 Å². The zero-order chi connectivity index (χ0) is 13.8. The molecule has 0 bridgehead atoms. The molecule has 7 nitrogen and oxygen atoms in total. The Labute approximate surface area is 107 Å². The number of hydrogen-bond donors (Lipinski definition) is 2. The molecule has 0 aliphatic carbocycles. The molecule has 0 fully saturated rings. The highest BCUT2D eigenvalue weighted by Gasteiger charge is 2.05. The summed E-state index contributed by atoms with van der Waals surface area (Å²) in [6, 6.07) is 4.49. The molecule has 2 aromatic heterocycles. The number of aliphatic hydroxyl groups is 1. The highest BCUT2D eigenvalue weighted by atomic mass is 16.3. The van der Waals surface area contributed by atoms with Gasteiger partial charge in [-0.3, -0.25) is 19.1 Å². The Morgan fingerprint density at radius 3 is 2.58 bits per heavy atom. The molecular weight excluding hydrogens is 250 g/mol. The lowest BCUT2D eigenvalue weighted by Gasteiger charge is -2.07. The summed E-state index contributed by atoms with van der Waals surface area (Å²) in [5.41, 5.74) is -0.906. The van der Waals surface area contributed by atoms with Gasteiger partial charge >= 0.3 is 5.69 Å². The van der Waals surface area contributed by atoms with Crippen molar-refractivity contribution in [1.82, 2.24) is 14.1 Å². The van der Waals surface area contributed by atoms with Gasteiger partial charge in [0, 0.05) is 30.6 Å². The van der Waals surface area contributed by atoms with Gasteiger partial charge in [-0.1, -0.05) is 6.07 Å². The molecule has 100 valence electrons. The van der Waals surface area contributed by atoms with Crippen molar-refractivity contribution < 1.29 is 5.11 Å². The maximum Gasteiger partial charge on any atom is 0.328 e. The summed E-state index contributed by atoms with van der Waals surface area (Å²) >= 11 is 0. The predicted molar refractivity (Wildman–Crippen MR) is 68.2 cm³/mol. The standard InChI is InChI=1S/C12H13N3O4/c16-7-6-14-4-1-2-9(11(14)18)8-15-5-3-10(17)13-12(15)19/h1-5,16H,6-8H2,(H,13,17,19). The quantitative estimate of drug-likeness (QED) is 0.719. The van der Waals surface area contributed by atoms with E-state index in [0.717, 1.165) is 0 Å². The average Bonchev–Trinajstić information content (AvgIpc) is 2.37. The molecule has 2 aromatic rings. The summed E-state index contributed by atoms with van der Waals surface area (Å²) in [5.74, 6) is 0. The van der Waals surface area contributed by atoms with Crippen LogP contribution in [-0.4, -0.2) is 25.8 Å². The average molecular weight is 263 g/mol. The van der Waals surface area contributed by atoms with Crippen LogP contribution in [-0.2, 0) is 13.1 Å². The summed E-state index contributed by atoms with van der Waals surface area (Å²) < 4.78 is 2.60. The fourth-order valence-electron chi connectivity index (χ4n) is 1.74. The molecule has 0 saturated carbocycles. The lowest BCUT2D eigenvalue weighted by Crippen LogP contribution is -2.32. The van der Waals surface area contributed by atoms with Crippen LogP contribution >= 0.6 is 0 Å². The number of hydrogen-bond acceptors (Lipinski definition) is 4. The van der Waals surface area contributed by atoms with Crippen molar-refractivity contribution in [3.05, 3.63) is 67.3 Å². The zero-order valence-corrected chi connectivity index (χ0v) is 10.1. The minimum Gasteiger partial charge on any atom is -0.395 e. The van der Waals surface area contributed by atoms with E-state index < -0.39 is 11.2 Å². The third-order valence-corrected chi connectivity index (χ3v) is 2.68. The van der Waals surface area contributed by atoms with Crippen LogP contribution in [0.3, 0.4) is 0 Å². The molecule has 2 N–H and O–H groups in total. The van der Waals surface area contributed by atoms with E-state index in [1.54, 1.807) is 18.3 Å². The van der Waals surface area contributed by atoms with E-state index in [0.29, 0.717) is 5.56 Å². The van der Waals surface area contributed by atoms with Crippen molar-refractivity contribution >= 4 is 0 Å². The first kappa shape index (κ1) is 13.0. The molecule has 19 heavy (non-hydrogen) atoms. The number of H-pyrrole nitrogens is 1. The largest absolute Gasteiger partial charge is 0.395 e. The lowest BCUT2D eigenvalue weighted by atomic mass is 10.2. The van der Waals surface area contributed by atoms with Crippen molar-refractivity contribution in [1.29, 1.82) is 0 Å². The Bertz CT molecular complexity index is 741. The summed E-state index contributed by atoms with van der Waals surface area (Å²) in [7, 11) is 0. The lowest BCUT2D eigenvalue weighted by molar-refractivity contribution is 0.274.